The summed E-state index contributed by atoms with van der Waals surface area (Å²) in [6.45, 7) is 4.00. The number of fused-ring (bicyclic) bond motifs is 1. The summed E-state index contributed by atoms with van der Waals surface area (Å²) in [5.41, 5.74) is 11.4. The van der Waals surface area contributed by atoms with Gasteiger partial charge in [0, 0.05) is 37.3 Å². The van der Waals surface area contributed by atoms with Crippen molar-refractivity contribution in [3.05, 3.63) is 59.0 Å². The summed E-state index contributed by atoms with van der Waals surface area (Å²) in [5, 5.41) is 4.78. The molecule has 2 aliphatic rings. The van der Waals surface area contributed by atoms with Gasteiger partial charge >= 0.3 is 0 Å². The van der Waals surface area contributed by atoms with Crippen molar-refractivity contribution in [3.8, 4) is 0 Å². The fraction of sp³-hybridized carbons (Fsp3) is 0.440. The Kier molecular flexibility index (Phi) is 7.01. The van der Waals surface area contributed by atoms with Crippen LogP contribution >= 0.6 is 12.4 Å². The van der Waals surface area contributed by atoms with Gasteiger partial charge in [0.2, 0.25) is 0 Å². The quantitative estimate of drug-likeness (QED) is 0.477. The number of aromatic nitrogens is 2. The number of nitrogens with zero attached hydrogens (tertiary/aromatic N) is 2. The van der Waals surface area contributed by atoms with Gasteiger partial charge in [0.15, 0.2) is 0 Å². The van der Waals surface area contributed by atoms with E-state index in [2.05, 4.69) is 44.5 Å². The summed E-state index contributed by atoms with van der Waals surface area (Å²) in [5.74, 6) is 0.448. The standard InChI is InChI=1S/C25H31N5O.ClH/c26-25(31)22-13-21(30-8-1-2-9-30)16-28-24(22)11-18-6-7-19-12-20(29-23(19)10-18)15-27-14-17-4-3-5-17;/h6-7,10,12-13,16-17,27,29H,1-5,8-9,11,14-15H2,(H2,26,31);1H. The number of primary amides is 1. The van der Waals surface area contributed by atoms with Gasteiger partial charge < -0.3 is 20.9 Å². The number of H-pyrrole nitrogens is 1. The minimum Gasteiger partial charge on any atom is -0.370 e. The summed E-state index contributed by atoms with van der Waals surface area (Å²) in [4.78, 5) is 22.6. The first-order valence-corrected chi connectivity index (χ1v) is 11.5. The normalized spacial score (nSPS) is 16.2. The average Bonchev–Trinajstić information content (AvgIpc) is 3.39. The number of carbonyl (C=O) groups is 1. The number of carbonyl (C=O) groups excluding carboxylic acids is 1. The molecular weight excluding hydrogens is 422 g/mol. The molecule has 1 aromatic carbocycles. The highest BCUT2D eigenvalue weighted by molar-refractivity contribution is 5.95. The van der Waals surface area contributed by atoms with Crippen LogP contribution in [-0.2, 0) is 13.0 Å². The smallest absolute Gasteiger partial charge is 0.250 e. The number of halogens is 1. The molecular formula is C25H32ClN5O. The highest BCUT2D eigenvalue weighted by Crippen LogP contribution is 2.26. The number of amides is 1. The third-order valence-corrected chi connectivity index (χ3v) is 6.78. The first-order valence-electron chi connectivity index (χ1n) is 11.5. The van der Waals surface area contributed by atoms with Gasteiger partial charge in [-0.2, -0.15) is 0 Å². The van der Waals surface area contributed by atoms with Gasteiger partial charge in [-0.3, -0.25) is 9.78 Å². The molecule has 3 heterocycles. The Morgan fingerprint density at radius 2 is 1.97 bits per heavy atom. The molecule has 1 saturated heterocycles. The van der Waals surface area contributed by atoms with E-state index in [1.165, 1.54) is 43.2 Å². The van der Waals surface area contributed by atoms with Crippen molar-refractivity contribution in [3.63, 3.8) is 0 Å². The number of pyridine rings is 1. The van der Waals surface area contributed by atoms with Crippen LogP contribution in [0.25, 0.3) is 10.9 Å². The Morgan fingerprint density at radius 3 is 2.69 bits per heavy atom. The van der Waals surface area contributed by atoms with Crippen molar-refractivity contribution in [2.24, 2.45) is 11.7 Å². The maximum Gasteiger partial charge on any atom is 0.250 e. The molecule has 1 aliphatic heterocycles. The average molecular weight is 454 g/mol. The van der Waals surface area contributed by atoms with Crippen LogP contribution in [0, 0.1) is 5.92 Å². The van der Waals surface area contributed by atoms with Gasteiger partial charge in [0.25, 0.3) is 5.91 Å². The third kappa shape index (κ3) is 4.92. The van der Waals surface area contributed by atoms with Crippen LogP contribution < -0.4 is 16.0 Å². The van der Waals surface area contributed by atoms with Crippen LogP contribution in [0.15, 0.2) is 36.5 Å². The lowest BCUT2D eigenvalue weighted by Gasteiger charge is -2.25. The zero-order chi connectivity index (χ0) is 21.2. The van der Waals surface area contributed by atoms with Gasteiger partial charge in [0.05, 0.1) is 23.1 Å². The third-order valence-electron chi connectivity index (χ3n) is 6.78. The number of anilines is 1. The predicted octanol–water partition coefficient (Wildman–Crippen LogP) is 4.16. The molecule has 4 N–H and O–H groups in total. The fourth-order valence-electron chi connectivity index (χ4n) is 4.73. The molecule has 6 nitrogen and oxygen atoms in total. The van der Waals surface area contributed by atoms with Crippen LogP contribution in [0.3, 0.4) is 0 Å². The summed E-state index contributed by atoms with van der Waals surface area (Å²) in [6.07, 6.45) is 8.94. The van der Waals surface area contributed by atoms with E-state index < -0.39 is 5.91 Å². The molecule has 32 heavy (non-hydrogen) atoms. The number of benzene rings is 1. The fourth-order valence-corrected chi connectivity index (χ4v) is 4.73. The largest absolute Gasteiger partial charge is 0.370 e. The van der Waals surface area contributed by atoms with E-state index in [1.807, 2.05) is 12.3 Å². The maximum atomic E-state index is 12.1. The Hall–Kier alpha value is -2.57. The molecule has 5 rings (SSSR count). The van der Waals surface area contributed by atoms with Crippen molar-refractivity contribution in [2.75, 3.05) is 24.5 Å². The number of rotatable bonds is 8. The van der Waals surface area contributed by atoms with E-state index in [-0.39, 0.29) is 12.4 Å². The van der Waals surface area contributed by atoms with Crippen molar-refractivity contribution < 1.29 is 4.79 Å². The molecule has 170 valence electrons. The lowest BCUT2D eigenvalue weighted by atomic mass is 9.85. The van der Waals surface area contributed by atoms with Crippen LogP contribution in [0.2, 0.25) is 0 Å². The van der Waals surface area contributed by atoms with Crippen molar-refractivity contribution in [1.29, 1.82) is 0 Å². The van der Waals surface area contributed by atoms with Gasteiger partial charge in [-0.15, -0.1) is 12.4 Å². The lowest BCUT2D eigenvalue weighted by molar-refractivity contribution is 0.0999. The van der Waals surface area contributed by atoms with E-state index in [0.29, 0.717) is 12.0 Å². The molecule has 0 spiro atoms. The van der Waals surface area contributed by atoms with Gasteiger partial charge in [-0.1, -0.05) is 18.6 Å². The molecule has 0 unspecified atom stereocenters. The summed E-state index contributed by atoms with van der Waals surface area (Å²) in [7, 11) is 0. The number of hydrogen-bond acceptors (Lipinski definition) is 4. The second-order valence-corrected chi connectivity index (χ2v) is 9.07. The molecule has 0 radical (unpaired) electrons. The summed E-state index contributed by atoms with van der Waals surface area (Å²) < 4.78 is 0. The van der Waals surface area contributed by atoms with Crippen LogP contribution in [0.4, 0.5) is 5.69 Å². The predicted molar refractivity (Wildman–Crippen MR) is 132 cm³/mol. The number of aromatic amines is 1. The van der Waals surface area contributed by atoms with Gasteiger partial charge in [0.1, 0.15) is 0 Å². The molecule has 2 aromatic heterocycles. The SMILES string of the molecule is Cl.NC(=O)c1cc(N2CCCC2)cnc1Cc1ccc2cc(CNCC3CCC3)[nH]c2c1. The molecule has 2 fully saturated rings. The van der Waals surface area contributed by atoms with Crippen molar-refractivity contribution >= 4 is 34.9 Å². The summed E-state index contributed by atoms with van der Waals surface area (Å²) >= 11 is 0. The Bertz CT molecular complexity index is 1090. The number of nitrogens with two attached hydrogens (primary N) is 1. The highest BCUT2D eigenvalue weighted by Gasteiger charge is 2.18. The van der Waals surface area contributed by atoms with Crippen LogP contribution in [0.5, 0.6) is 0 Å². The first-order chi connectivity index (χ1) is 15.2. The second kappa shape index (κ2) is 9.92. The van der Waals surface area contributed by atoms with Gasteiger partial charge in [-0.25, -0.2) is 0 Å². The molecule has 1 amide bonds. The number of nitrogens with one attached hydrogen (secondary N) is 2. The van der Waals surface area contributed by atoms with E-state index in [0.717, 1.165) is 54.6 Å². The van der Waals surface area contributed by atoms with Crippen molar-refractivity contribution in [1.82, 2.24) is 15.3 Å². The van der Waals surface area contributed by atoms with E-state index in [1.54, 1.807) is 0 Å². The Balaban J connectivity index is 0.00000245. The molecule has 1 saturated carbocycles. The Morgan fingerprint density at radius 1 is 1.16 bits per heavy atom. The molecule has 7 heteroatoms. The van der Waals surface area contributed by atoms with Gasteiger partial charge in [-0.05, 0) is 67.3 Å². The van der Waals surface area contributed by atoms with E-state index >= 15 is 0 Å². The summed E-state index contributed by atoms with van der Waals surface area (Å²) in [6, 6.07) is 10.5. The molecule has 0 bridgehead atoms. The molecule has 0 atom stereocenters. The Labute approximate surface area is 195 Å². The van der Waals surface area contributed by atoms with Crippen molar-refractivity contribution in [2.45, 2.75) is 45.1 Å². The zero-order valence-corrected chi connectivity index (χ0v) is 19.2. The topological polar surface area (TPSA) is 87.0 Å². The maximum absolute atomic E-state index is 12.1. The second-order valence-electron chi connectivity index (χ2n) is 9.07. The zero-order valence-electron chi connectivity index (χ0n) is 18.4. The molecule has 1 aliphatic carbocycles. The van der Waals surface area contributed by atoms with E-state index in [4.69, 9.17) is 5.73 Å². The first kappa shape index (κ1) is 22.6. The van der Waals surface area contributed by atoms with Crippen LogP contribution in [0.1, 0.15) is 59.4 Å². The minimum absolute atomic E-state index is 0. The number of hydrogen-bond donors (Lipinski definition) is 3. The lowest BCUT2D eigenvalue weighted by Crippen LogP contribution is -2.26. The van der Waals surface area contributed by atoms with Crippen LogP contribution in [-0.4, -0.2) is 35.5 Å². The molecule has 3 aromatic rings. The van der Waals surface area contributed by atoms with E-state index in [9.17, 15) is 4.79 Å². The monoisotopic (exact) mass is 453 g/mol. The highest BCUT2D eigenvalue weighted by atomic mass is 35.5. The minimum atomic E-state index is -0.413.